The lowest BCUT2D eigenvalue weighted by Crippen LogP contribution is -2.10. The molecule has 4 aromatic rings. The summed E-state index contributed by atoms with van der Waals surface area (Å²) in [6.07, 6.45) is 0.578. The fraction of sp³-hybridized carbons (Fsp3) is 0.160. The zero-order valence-electron chi connectivity index (χ0n) is 18.9. The number of aromatic nitrogens is 1. The second-order valence-corrected chi connectivity index (χ2v) is 10.7. The SMILES string of the molecule is COc1ccc(CCNc2oc(-c3ccc(Cl)cc3)nc2S(=O)(=O)c2ccc(Br)cc2)cc1OC. The summed E-state index contributed by atoms with van der Waals surface area (Å²) in [6.45, 7) is 0.396. The minimum Gasteiger partial charge on any atom is -0.493 e. The van der Waals surface area contributed by atoms with Crippen molar-refractivity contribution >= 4 is 43.3 Å². The van der Waals surface area contributed by atoms with Crippen LogP contribution < -0.4 is 14.8 Å². The van der Waals surface area contributed by atoms with Gasteiger partial charge in [0.1, 0.15) is 0 Å². The van der Waals surface area contributed by atoms with Gasteiger partial charge in [-0.05, 0) is 72.6 Å². The van der Waals surface area contributed by atoms with Gasteiger partial charge >= 0.3 is 0 Å². The molecule has 0 radical (unpaired) electrons. The highest BCUT2D eigenvalue weighted by atomic mass is 79.9. The first-order valence-corrected chi connectivity index (χ1v) is 13.2. The van der Waals surface area contributed by atoms with Crippen molar-refractivity contribution in [3.8, 4) is 23.0 Å². The van der Waals surface area contributed by atoms with Crippen LogP contribution in [0, 0.1) is 0 Å². The van der Waals surface area contributed by atoms with Crippen LogP contribution >= 0.6 is 27.5 Å². The Bertz CT molecular complexity index is 1420. The van der Waals surface area contributed by atoms with Gasteiger partial charge in [0.25, 0.3) is 0 Å². The molecule has 4 rings (SSSR count). The largest absolute Gasteiger partial charge is 0.493 e. The highest BCUT2D eigenvalue weighted by Gasteiger charge is 2.28. The third kappa shape index (κ3) is 5.63. The van der Waals surface area contributed by atoms with E-state index < -0.39 is 9.84 Å². The smallest absolute Gasteiger partial charge is 0.233 e. The average molecular weight is 578 g/mol. The van der Waals surface area contributed by atoms with Gasteiger partial charge < -0.3 is 19.2 Å². The number of halogens is 2. The monoisotopic (exact) mass is 576 g/mol. The number of sulfone groups is 1. The highest BCUT2D eigenvalue weighted by Crippen LogP contribution is 2.33. The Kier molecular flexibility index (Phi) is 7.69. The van der Waals surface area contributed by atoms with Crippen LogP contribution in [0.1, 0.15) is 5.56 Å². The molecule has 182 valence electrons. The summed E-state index contributed by atoms with van der Waals surface area (Å²) in [4.78, 5) is 4.46. The number of benzene rings is 3. The third-order valence-corrected chi connectivity index (χ3v) is 7.67. The van der Waals surface area contributed by atoms with E-state index in [0.717, 1.165) is 10.0 Å². The molecule has 0 saturated heterocycles. The number of anilines is 1. The van der Waals surface area contributed by atoms with Crippen LogP contribution in [0.5, 0.6) is 11.5 Å². The Morgan fingerprint density at radius 2 is 1.66 bits per heavy atom. The van der Waals surface area contributed by atoms with E-state index in [4.69, 9.17) is 25.5 Å². The number of nitrogens with one attached hydrogen (secondary N) is 1. The van der Waals surface area contributed by atoms with E-state index in [-0.39, 0.29) is 21.7 Å². The fourth-order valence-corrected chi connectivity index (χ4v) is 5.07. The van der Waals surface area contributed by atoms with E-state index in [2.05, 4.69) is 26.2 Å². The normalized spacial score (nSPS) is 11.3. The van der Waals surface area contributed by atoms with E-state index in [1.165, 1.54) is 12.1 Å². The van der Waals surface area contributed by atoms with Crippen LogP contribution in [-0.4, -0.2) is 34.2 Å². The maximum absolute atomic E-state index is 13.4. The van der Waals surface area contributed by atoms with Crippen molar-refractivity contribution in [3.63, 3.8) is 0 Å². The molecule has 3 aromatic carbocycles. The van der Waals surface area contributed by atoms with Crippen molar-refractivity contribution in [2.45, 2.75) is 16.3 Å². The van der Waals surface area contributed by atoms with Crippen LogP contribution in [0.3, 0.4) is 0 Å². The molecule has 10 heteroatoms. The van der Waals surface area contributed by atoms with E-state index in [1.54, 1.807) is 50.6 Å². The molecule has 1 aromatic heterocycles. The molecule has 35 heavy (non-hydrogen) atoms. The summed E-state index contributed by atoms with van der Waals surface area (Å²) in [6, 6.07) is 18.8. The molecule has 0 unspecified atom stereocenters. The third-order valence-electron chi connectivity index (χ3n) is 5.21. The van der Waals surface area contributed by atoms with Gasteiger partial charge in [-0.15, -0.1) is 0 Å². The molecule has 0 fully saturated rings. The summed E-state index contributed by atoms with van der Waals surface area (Å²) >= 11 is 9.32. The number of ether oxygens (including phenoxy) is 2. The zero-order valence-corrected chi connectivity index (χ0v) is 22.1. The van der Waals surface area contributed by atoms with Gasteiger partial charge in [0.05, 0.1) is 19.1 Å². The second-order valence-electron chi connectivity index (χ2n) is 7.48. The lowest BCUT2D eigenvalue weighted by Gasteiger charge is -2.10. The quantitative estimate of drug-likeness (QED) is 0.251. The molecule has 1 N–H and O–H groups in total. The molecule has 0 aliphatic carbocycles. The maximum atomic E-state index is 13.4. The molecular weight excluding hydrogens is 556 g/mol. The summed E-state index contributed by atoms with van der Waals surface area (Å²) < 4.78 is 44.1. The standard InChI is InChI=1S/C25H22BrClN2O5S/c1-32-21-12-3-16(15-22(21)33-2)13-14-28-24-25(35(30,31)20-10-6-18(26)7-11-20)29-23(34-24)17-4-8-19(27)9-5-17/h3-12,15,28H,13-14H2,1-2H3. The van der Waals surface area contributed by atoms with Crippen LogP contribution in [0.4, 0.5) is 5.88 Å². The van der Waals surface area contributed by atoms with Crippen LogP contribution in [0.2, 0.25) is 5.02 Å². The first-order chi connectivity index (χ1) is 16.8. The number of rotatable bonds is 9. The number of hydrogen-bond donors (Lipinski definition) is 1. The molecule has 0 amide bonds. The number of oxazole rings is 1. The van der Waals surface area contributed by atoms with Crippen molar-refractivity contribution in [2.75, 3.05) is 26.1 Å². The van der Waals surface area contributed by atoms with E-state index in [0.29, 0.717) is 35.1 Å². The molecule has 0 saturated carbocycles. The zero-order chi connectivity index (χ0) is 25.0. The van der Waals surface area contributed by atoms with Crippen molar-refractivity contribution in [1.29, 1.82) is 0 Å². The van der Waals surface area contributed by atoms with Gasteiger partial charge in [0.2, 0.25) is 26.6 Å². The molecule has 0 aliphatic heterocycles. The van der Waals surface area contributed by atoms with Crippen molar-refractivity contribution in [2.24, 2.45) is 0 Å². The Morgan fingerprint density at radius 1 is 0.971 bits per heavy atom. The molecule has 0 atom stereocenters. The van der Waals surface area contributed by atoms with Crippen LogP contribution in [0.25, 0.3) is 11.5 Å². The summed E-state index contributed by atoms with van der Waals surface area (Å²) in [5, 5.41) is 3.47. The van der Waals surface area contributed by atoms with Gasteiger partial charge in [-0.2, -0.15) is 4.98 Å². The second kappa shape index (κ2) is 10.7. The molecular formula is C25H22BrClN2O5S. The summed E-state index contributed by atoms with van der Waals surface area (Å²) in [5.41, 5.74) is 1.58. The maximum Gasteiger partial charge on any atom is 0.233 e. The number of nitrogens with zero attached hydrogens (tertiary/aromatic N) is 1. The van der Waals surface area contributed by atoms with Gasteiger partial charge in [-0.25, -0.2) is 8.42 Å². The first-order valence-electron chi connectivity index (χ1n) is 10.5. The lowest BCUT2D eigenvalue weighted by molar-refractivity contribution is 0.354. The Balaban J connectivity index is 1.64. The van der Waals surface area contributed by atoms with E-state index >= 15 is 0 Å². The molecule has 7 nitrogen and oxygen atoms in total. The average Bonchev–Trinajstić information content (AvgIpc) is 3.29. The van der Waals surface area contributed by atoms with Gasteiger partial charge in [0.15, 0.2) is 11.5 Å². The molecule has 1 heterocycles. The minimum atomic E-state index is -3.95. The molecule has 0 aliphatic rings. The van der Waals surface area contributed by atoms with Crippen LogP contribution in [-0.2, 0) is 16.3 Å². The van der Waals surface area contributed by atoms with Gasteiger partial charge in [-0.3, -0.25) is 0 Å². The topological polar surface area (TPSA) is 90.7 Å². The Morgan fingerprint density at radius 3 is 2.31 bits per heavy atom. The Labute approximate surface area is 217 Å². The highest BCUT2D eigenvalue weighted by molar-refractivity contribution is 9.10. The van der Waals surface area contributed by atoms with Crippen molar-refractivity contribution < 1.29 is 22.3 Å². The molecule has 0 bridgehead atoms. The fourth-order valence-electron chi connectivity index (χ4n) is 3.40. The van der Waals surface area contributed by atoms with Crippen molar-refractivity contribution in [3.05, 3.63) is 81.8 Å². The van der Waals surface area contributed by atoms with Crippen LogP contribution in [0.15, 0.2) is 85.5 Å². The predicted octanol–water partition coefficient (Wildman–Crippen LogP) is 6.26. The minimum absolute atomic E-state index is 0.0679. The van der Waals surface area contributed by atoms with Gasteiger partial charge in [0, 0.05) is 21.6 Å². The summed E-state index contributed by atoms with van der Waals surface area (Å²) in [5.74, 6) is 1.49. The summed E-state index contributed by atoms with van der Waals surface area (Å²) in [7, 11) is -0.794. The van der Waals surface area contributed by atoms with Gasteiger partial charge in [-0.1, -0.05) is 33.6 Å². The van der Waals surface area contributed by atoms with Crippen molar-refractivity contribution in [1.82, 2.24) is 4.98 Å². The Hall–Kier alpha value is -3.01. The van der Waals surface area contributed by atoms with E-state index in [1.807, 2.05) is 18.2 Å². The molecule has 0 spiro atoms. The number of methoxy groups -OCH3 is 2. The first kappa shape index (κ1) is 25.1. The van der Waals surface area contributed by atoms with E-state index in [9.17, 15) is 8.42 Å². The predicted molar refractivity (Wildman–Crippen MR) is 138 cm³/mol. The lowest BCUT2D eigenvalue weighted by atomic mass is 10.1. The number of hydrogen-bond acceptors (Lipinski definition) is 7.